The summed E-state index contributed by atoms with van der Waals surface area (Å²) in [5, 5.41) is 0. The first-order chi connectivity index (χ1) is 4.26. The van der Waals surface area contributed by atoms with Crippen LogP contribution in [0.3, 0.4) is 0 Å². The summed E-state index contributed by atoms with van der Waals surface area (Å²) < 4.78 is 5.33. The molecule has 2 aliphatic heterocycles. The Morgan fingerprint density at radius 1 is 1.22 bits per heavy atom. The molecule has 0 radical (unpaired) electrons. The van der Waals surface area contributed by atoms with Crippen molar-refractivity contribution in [3.05, 3.63) is 0 Å². The molecule has 52 valence electrons. The van der Waals surface area contributed by atoms with E-state index in [4.69, 9.17) is 4.74 Å². The van der Waals surface area contributed by atoms with Crippen LogP contribution in [-0.4, -0.2) is 49.4 Å². The van der Waals surface area contributed by atoms with Gasteiger partial charge in [0.15, 0.2) is 0 Å². The summed E-state index contributed by atoms with van der Waals surface area (Å²) in [5.74, 6) is 0.0278. The van der Waals surface area contributed by atoms with Gasteiger partial charge in [0.25, 0.3) is 0 Å². The quantitative estimate of drug-likeness (QED) is 0.412. The fraction of sp³-hybridized carbons (Fsp3) is 1.00. The predicted molar refractivity (Wildman–Crippen MR) is 33.9 cm³/mol. The van der Waals surface area contributed by atoms with E-state index in [1.807, 2.05) is 0 Å². The maximum atomic E-state index is 5.33. The van der Waals surface area contributed by atoms with E-state index in [1.165, 1.54) is 0 Å². The zero-order valence-electron chi connectivity index (χ0n) is 5.92. The van der Waals surface area contributed by atoms with Crippen molar-refractivity contribution in [1.82, 2.24) is 9.80 Å². The Kier molecular flexibility index (Phi) is 0.928. The van der Waals surface area contributed by atoms with Crippen LogP contribution in [0.4, 0.5) is 0 Å². The molecule has 0 aromatic heterocycles. The Bertz CT molecular complexity index is 121. The van der Waals surface area contributed by atoms with Gasteiger partial charge in [-0.15, -0.1) is 0 Å². The van der Waals surface area contributed by atoms with Crippen LogP contribution >= 0.6 is 0 Å². The third kappa shape index (κ3) is 0.569. The lowest BCUT2D eigenvalue weighted by Gasteiger charge is -2.19. The van der Waals surface area contributed by atoms with E-state index in [0.717, 1.165) is 19.7 Å². The second-order valence-corrected chi connectivity index (χ2v) is 2.87. The zero-order valence-corrected chi connectivity index (χ0v) is 5.92. The summed E-state index contributed by atoms with van der Waals surface area (Å²) in [6.07, 6.45) is 0. The molecule has 3 heteroatoms. The van der Waals surface area contributed by atoms with Gasteiger partial charge in [0, 0.05) is 13.1 Å². The number of epoxide rings is 1. The van der Waals surface area contributed by atoms with Gasteiger partial charge in [0.2, 0.25) is 5.85 Å². The molecule has 9 heavy (non-hydrogen) atoms. The lowest BCUT2D eigenvalue weighted by atomic mass is 10.5. The topological polar surface area (TPSA) is 19.0 Å². The highest BCUT2D eigenvalue weighted by Gasteiger charge is 2.55. The molecule has 0 aliphatic carbocycles. The van der Waals surface area contributed by atoms with Crippen molar-refractivity contribution in [1.29, 1.82) is 0 Å². The van der Waals surface area contributed by atoms with Gasteiger partial charge in [-0.25, -0.2) is 0 Å². The van der Waals surface area contributed by atoms with Crippen LogP contribution in [0.1, 0.15) is 0 Å². The van der Waals surface area contributed by atoms with E-state index in [-0.39, 0.29) is 5.85 Å². The summed E-state index contributed by atoms with van der Waals surface area (Å²) in [5.41, 5.74) is 0. The Labute approximate surface area is 55.2 Å². The molecule has 2 saturated heterocycles. The van der Waals surface area contributed by atoms with Gasteiger partial charge >= 0.3 is 0 Å². The van der Waals surface area contributed by atoms with E-state index in [2.05, 4.69) is 23.9 Å². The maximum absolute atomic E-state index is 5.33. The minimum atomic E-state index is 0.0278. The average Bonchev–Trinajstić information content (AvgIpc) is 2.56. The van der Waals surface area contributed by atoms with Crippen molar-refractivity contribution < 1.29 is 4.74 Å². The van der Waals surface area contributed by atoms with E-state index >= 15 is 0 Å². The molecule has 0 atom stereocenters. The second-order valence-electron chi connectivity index (χ2n) is 2.87. The van der Waals surface area contributed by atoms with Crippen molar-refractivity contribution in [2.24, 2.45) is 0 Å². The van der Waals surface area contributed by atoms with Gasteiger partial charge in [-0.2, -0.15) is 0 Å². The molecule has 2 rings (SSSR count). The van der Waals surface area contributed by atoms with Crippen LogP contribution in [0.25, 0.3) is 0 Å². The molecule has 2 fully saturated rings. The molecule has 1 spiro atoms. The van der Waals surface area contributed by atoms with Gasteiger partial charge in [-0.1, -0.05) is 0 Å². The Morgan fingerprint density at radius 2 is 1.67 bits per heavy atom. The SMILES string of the molecule is CN1CCN(C)C12CO2. The molecule has 0 aromatic rings. The highest BCUT2D eigenvalue weighted by atomic mass is 16.6. The molecule has 0 aromatic carbocycles. The van der Waals surface area contributed by atoms with Gasteiger partial charge in [0.1, 0.15) is 6.61 Å². The smallest absolute Gasteiger partial charge is 0.203 e. The lowest BCUT2D eigenvalue weighted by molar-refractivity contribution is 0.0439. The van der Waals surface area contributed by atoms with Crippen LogP contribution in [0.15, 0.2) is 0 Å². The fourth-order valence-corrected chi connectivity index (χ4v) is 1.45. The average molecular weight is 128 g/mol. The van der Waals surface area contributed by atoms with E-state index in [0.29, 0.717) is 0 Å². The highest BCUT2D eigenvalue weighted by Crippen LogP contribution is 2.36. The summed E-state index contributed by atoms with van der Waals surface area (Å²) >= 11 is 0. The van der Waals surface area contributed by atoms with Crippen molar-refractivity contribution in [2.75, 3.05) is 33.8 Å². The van der Waals surface area contributed by atoms with Crippen LogP contribution < -0.4 is 0 Å². The molecule has 3 nitrogen and oxygen atoms in total. The number of rotatable bonds is 0. The number of hydrogen-bond acceptors (Lipinski definition) is 3. The number of ether oxygens (including phenoxy) is 1. The maximum Gasteiger partial charge on any atom is 0.203 e. The monoisotopic (exact) mass is 128 g/mol. The third-order valence-corrected chi connectivity index (χ3v) is 2.37. The van der Waals surface area contributed by atoms with Crippen LogP contribution in [0.5, 0.6) is 0 Å². The Balaban J connectivity index is 2.17. The normalized spacial score (nSPS) is 34.0. The Morgan fingerprint density at radius 3 is 1.89 bits per heavy atom. The number of hydrogen-bond donors (Lipinski definition) is 0. The summed E-state index contributed by atoms with van der Waals surface area (Å²) in [6.45, 7) is 3.16. The Hall–Kier alpha value is -0.120. The molecule has 0 bridgehead atoms. The minimum absolute atomic E-state index is 0.0278. The lowest BCUT2D eigenvalue weighted by Crippen LogP contribution is -2.38. The molecule has 0 N–H and O–H groups in total. The standard InChI is InChI=1S/C6H12N2O/c1-7-3-4-8(2)6(7)5-9-6/h3-5H2,1-2H3. The first-order valence-electron chi connectivity index (χ1n) is 3.32. The van der Waals surface area contributed by atoms with Crippen molar-refractivity contribution in [3.8, 4) is 0 Å². The minimum Gasteiger partial charge on any atom is -0.339 e. The second kappa shape index (κ2) is 1.48. The molecular weight excluding hydrogens is 116 g/mol. The molecular formula is C6H12N2O. The molecule has 2 aliphatic rings. The van der Waals surface area contributed by atoms with Crippen molar-refractivity contribution in [3.63, 3.8) is 0 Å². The largest absolute Gasteiger partial charge is 0.339 e. The van der Waals surface area contributed by atoms with Gasteiger partial charge in [0.05, 0.1) is 0 Å². The highest BCUT2D eigenvalue weighted by molar-refractivity contribution is 4.94. The molecule has 0 saturated carbocycles. The van der Waals surface area contributed by atoms with Gasteiger partial charge in [-0.3, -0.25) is 9.80 Å². The van der Waals surface area contributed by atoms with Gasteiger partial charge < -0.3 is 4.74 Å². The van der Waals surface area contributed by atoms with E-state index in [9.17, 15) is 0 Å². The number of likely N-dealkylation sites (N-methyl/N-ethyl adjacent to an activating group) is 2. The summed E-state index contributed by atoms with van der Waals surface area (Å²) in [6, 6.07) is 0. The first kappa shape index (κ1) is 5.65. The predicted octanol–water partition coefficient (Wildman–Crippen LogP) is -0.452. The number of nitrogens with zero attached hydrogens (tertiary/aromatic N) is 2. The van der Waals surface area contributed by atoms with Gasteiger partial charge in [-0.05, 0) is 14.1 Å². The summed E-state index contributed by atoms with van der Waals surface area (Å²) in [7, 11) is 4.22. The first-order valence-corrected chi connectivity index (χ1v) is 3.32. The third-order valence-electron chi connectivity index (χ3n) is 2.37. The fourth-order valence-electron chi connectivity index (χ4n) is 1.45. The molecule has 0 unspecified atom stereocenters. The van der Waals surface area contributed by atoms with Crippen LogP contribution in [0, 0.1) is 0 Å². The van der Waals surface area contributed by atoms with Crippen LogP contribution in [0.2, 0.25) is 0 Å². The summed E-state index contributed by atoms with van der Waals surface area (Å²) in [4.78, 5) is 4.51. The molecule has 2 heterocycles. The van der Waals surface area contributed by atoms with E-state index < -0.39 is 0 Å². The van der Waals surface area contributed by atoms with E-state index in [1.54, 1.807) is 0 Å². The van der Waals surface area contributed by atoms with Crippen LogP contribution in [-0.2, 0) is 4.74 Å². The van der Waals surface area contributed by atoms with Crippen molar-refractivity contribution in [2.45, 2.75) is 5.85 Å². The molecule has 0 amide bonds. The van der Waals surface area contributed by atoms with Crippen molar-refractivity contribution >= 4 is 0 Å². The zero-order chi connectivity index (χ0) is 6.48.